The van der Waals surface area contributed by atoms with Gasteiger partial charge in [0.25, 0.3) is 0 Å². The predicted octanol–water partition coefficient (Wildman–Crippen LogP) is 2.78. The average molecular weight is 288 g/mol. The van der Waals surface area contributed by atoms with Gasteiger partial charge in [-0.25, -0.2) is 4.98 Å². The van der Waals surface area contributed by atoms with E-state index < -0.39 is 11.5 Å². The lowest BCUT2D eigenvalue weighted by Gasteiger charge is -2.25. The van der Waals surface area contributed by atoms with Gasteiger partial charge in [0.2, 0.25) is 0 Å². The van der Waals surface area contributed by atoms with E-state index in [0.29, 0.717) is 13.0 Å². The van der Waals surface area contributed by atoms with E-state index in [0.717, 1.165) is 22.2 Å². The summed E-state index contributed by atoms with van der Waals surface area (Å²) in [5, 5.41) is 14.3. The summed E-state index contributed by atoms with van der Waals surface area (Å²) in [4.78, 5) is 15.6. The summed E-state index contributed by atoms with van der Waals surface area (Å²) in [6, 6.07) is 0. The van der Waals surface area contributed by atoms with Crippen molar-refractivity contribution in [3.05, 3.63) is 11.1 Å². The van der Waals surface area contributed by atoms with Crippen LogP contribution in [-0.4, -0.2) is 33.9 Å². The average Bonchev–Trinajstić information content (AvgIpc) is 2.71. The molecule has 4 nitrogen and oxygen atoms in total. The molecule has 0 amide bonds. The highest BCUT2D eigenvalue weighted by Gasteiger charge is 2.31. The highest BCUT2D eigenvalue weighted by molar-refractivity contribution is 8.00. The molecule has 0 saturated carbocycles. The molecule has 1 unspecified atom stereocenters. The number of hydrogen-bond acceptors (Lipinski definition) is 5. The zero-order chi connectivity index (χ0) is 13.6. The van der Waals surface area contributed by atoms with Crippen molar-refractivity contribution in [2.45, 2.75) is 43.5 Å². The van der Waals surface area contributed by atoms with E-state index in [1.54, 1.807) is 30.0 Å². The molecule has 102 valence electrons. The molecule has 0 radical (unpaired) electrons. The minimum Gasteiger partial charge on any atom is -0.480 e. The van der Waals surface area contributed by atoms with Gasteiger partial charge in [0.15, 0.2) is 0 Å². The molecule has 1 atom stereocenters. The first kappa shape index (κ1) is 15.5. The van der Waals surface area contributed by atoms with E-state index in [9.17, 15) is 9.90 Å². The number of nitrogens with zero attached hydrogens (tertiary/aromatic N) is 1. The fourth-order valence-electron chi connectivity index (χ4n) is 1.64. The van der Waals surface area contributed by atoms with Crippen molar-refractivity contribution in [2.24, 2.45) is 0 Å². The SMILES string of the molecule is CCNC(C)(CCCSc1nc(C)cs1)C(=O)O. The van der Waals surface area contributed by atoms with Crippen LogP contribution in [0, 0.1) is 6.92 Å². The number of aliphatic carboxylic acids is 1. The first-order valence-corrected chi connectivity index (χ1v) is 7.88. The van der Waals surface area contributed by atoms with E-state index in [1.165, 1.54) is 0 Å². The van der Waals surface area contributed by atoms with Gasteiger partial charge in [-0.1, -0.05) is 18.7 Å². The summed E-state index contributed by atoms with van der Waals surface area (Å²) in [7, 11) is 0. The molecule has 1 aromatic rings. The second-order valence-corrected chi connectivity index (χ2v) is 6.57. The number of hydrogen-bond donors (Lipinski definition) is 2. The fourth-order valence-corrected chi connectivity index (χ4v) is 3.50. The number of likely N-dealkylation sites (N-methyl/N-ethyl adjacent to an activating group) is 1. The number of carboxylic acid groups (broad SMARTS) is 1. The van der Waals surface area contributed by atoms with E-state index in [-0.39, 0.29) is 0 Å². The van der Waals surface area contributed by atoms with Crippen LogP contribution in [0.4, 0.5) is 0 Å². The maximum atomic E-state index is 11.2. The molecule has 6 heteroatoms. The number of aryl methyl sites for hydroxylation is 1. The summed E-state index contributed by atoms with van der Waals surface area (Å²) < 4.78 is 1.06. The first-order valence-electron chi connectivity index (χ1n) is 6.01. The van der Waals surface area contributed by atoms with Gasteiger partial charge >= 0.3 is 5.97 Å². The van der Waals surface area contributed by atoms with Gasteiger partial charge in [-0.05, 0) is 33.2 Å². The number of nitrogens with one attached hydrogen (secondary N) is 1. The number of rotatable bonds is 8. The summed E-state index contributed by atoms with van der Waals surface area (Å²) in [5.74, 6) is 0.126. The summed E-state index contributed by atoms with van der Waals surface area (Å²) in [6.45, 7) is 6.32. The van der Waals surface area contributed by atoms with Crippen molar-refractivity contribution in [2.75, 3.05) is 12.3 Å². The van der Waals surface area contributed by atoms with Crippen molar-refractivity contribution >= 4 is 29.1 Å². The summed E-state index contributed by atoms with van der Waals surface area (Å²) in [5.41, 5.74) is 0.235. The van der Waals surface area contributed by atoms with Crippen LogP contribution in [0.1, 0.15) is 32.4 Å². The van der Waals surface area contributed by atoms with Gasteiger partial charge in [-0.2, -0.15) is 0 Å². The fraction of sp³-hybridized carbons (Fsp3) is 0.667. The van der Waals surface area contributed by atoms with Crippen molar-refractivity contribution in [1.29, 1.82) is 0 Å². The van der Waals surface area contributed by atoms with Crippen molar-refractivity contribution < 1.29 is 9.90 Å². The third kappa shape index (κ3) is 4.59. The number of aromatic nitrogens is 1. The standard InChI is InChI=1S/C12H20N2O2S2/c1-4-13-12(3,10(15)16)6-5-7-17-11-14-9(2)8-18-11/h8,13H,4-7H2,1-3H3,(H,15,16). The molecule has 0 fully saturated rings. The van der Waals surface area contributed by atoms with Crippen LogP contribution < -0.4 is 5.32 Å². The smallest absolute Gasteiger partial charge is 0.323 e. The van der Waals surface area contributed by atoms with E-state index in [4.69, 9.17) is 0 Å². The molecule has 0 aromatic carbocycles. The lowest BCUT2D eigenvalue weighted by Crippen LogP contribution is -2.49. The Morgan fingerprint density at radius 1 is 1.67 bits per heavy atom. The Balaban J connectivity index is 2.33. The van der Waals surface area contributed by atoms with Gasteiger partial charge in [-0.3, -0.25) is 4.79 Å². The third-order valence-corrected chi connectivity index (χ3v) is 4.91. The normalized spacial score (nSPS) is 14.4. The Hall–Kier alpha value is -0.590. The largest absolute Gasteiger partial charge is 0.480 e. The van der Waals surface area contributed by atoms with Crippen LogP contribution in [-0.2, 0) is 4.79 Å². The molecule has 0 saturated heterocycles. The second kappa shape index (κ2) is 7.11. The zero-order valence-corrected chi connectivity index (χ0v) is 12.7. The van der Waals surface area contributed by atoms with Crippen LogP contribution in [0.25, 0.3) is 0 Å². The molecule has 0 aliphatic heterocycles. The first-order chi connectivity index (χ1) is 8.48. The Labute approximate surface area is 116 Å². The molecule has 1 aromatic heterocycles. The van der Waals surface area contributed by atoms with Gasteiger partial charge in [0, 0.05) is 16.8 Å². The Kier molecular flexibility index (Phi) is 6.11. The number of carboxylic acids is 1. The Bertz CT molecular complexity index is 395. The maximum Gasteiger partial charge on any atom is 0.323 e. The molecule has 18 heavy (non-hydrogen) atoms. The monoisotopic (exact) mass is 288 g/mol. The molecule has 1 rings (SSSR count). The second-order valence-electron chi connectivity index (χ2n) is 4.37. The number of carbonyl (C=O) groups is 1. The van der Waals surface area contributed by atoms with Gasteiger partial charge in [0.05, 0.1) is 0 Å². The molecule has 0 spiro atoms. The van der Waals surface area contributed by atoms with Crippen LogP contribution in [0.2, 0.25) is 0 Å². The maximum absolute atomic E-state index is 11.2. The molecular formula is C12H20N2O2S2. The molecule has 2 N–H and O–H groups in total. The summed E-state index contributed by atoms with van der Waals surface area (Å²) >= 11 is 3.34. The lowest BCUT2D eigenvalue weighted by molar-refractivity contribution is -0.144. The minimum atomic E-state index is -0.811. The molecule has 1 heterocycles. The highest BCUT2D eigenvalue weighted by atomic mass is 32.2. The van der Waals surface area contributed by atoms with Crippen LogP contribution >= 0.6 is 23.1 Å². The lowest BCUT2D eigenvalue weighted by atomic mass is 9.96. The van der Waals surface area contributed by atoms with Gasteiger partial charge in [-0.15, -0.1) is 11.3 Å². The summed E-state index contributed by atoms with van der Waals surface area (Å²) in [6.07, 6.45) is 1.49. The zero-order valence-electron chi connectivity index (χ0n) is 11.0. The van der Waals surface area contributed by atoms with E-state index in [2.05, 4.69) is 10.3 Å². The molecule has 0 aliphatic carbocycles. The van der Waals surface area contributed by atoms with Gasteiger partial charge in [0.1, 0.15) is 9.88 Å². The van der Waals surface area contributed by atoms with Crippen molar-refractivity contribution in [3.8, 4) is 0 Å². The molecular weight excluding hydrogens is 268 g/mol. The Morgan fingerprint density at radius 2 is 2.39 bits per heavy atom. The molecule has 0 aliphatic rings. The number of thiazole rings is 1. The third-order valence-electron chi connectivity index (χ3n) is 2.68. The number of thioether (sulfide) groups is 1. The predicted molar refractivity (Wildman–Crippen MR) is 76.5 cm³/mol. The highest BCUT2D eigenvalue weighted by Crippen LogP contribution is 2.24. The van der Waals surface area contributed by atoms with E-state index >= 15 is 0 Å². The van der Waals surface area contributed by atoms with Crippen molar-refractivity contribution in [3.63, 3.8) is 0 Å². The van der Waals surface area contributed by atoms with E-state index in [1.807, 2.05) is 19.2 Å². The Morgan fingerprint density at radius 3 is 2.89 bits per heavy atom. The minimum absolute atomic E-state index is 0.632. The van der Waals surface area contributed by atoms with Gasteiger partial charge < -0.3 is 10.4 Å². The van der Waals surface area contributed by atoms with Crippen molar-refractivity contribution in [1.82, 2.24) is 10.3 Å². The van der Waals surface area contributed by atoms with Crippen LogP contribution in [0.3, 0.4) is 0 Å². The van der Waals surface area contributed by atoms with Crippen LogP contribution in [0.15, 0.2) is 9.72 Å². The van der Waals surface area contributed by atoms with Crippen LogP contribution in [0.5, 0.6) is 0 Å². The topological polar surface area (TPSA) is 62.2 Å². The quantitative estimate of drug-likeness (QED) is 0.569. The molecule has 0 bridgehead atoms.